The van der Waals surface area contributed by atoms with Gasteiger partial charge in [0, 0.05) is 10.4 Å². The highest BCUT2D eigenvalue weighted by Crippen LogP contribution is 2.22. The number of halogens is 2. The van der Waals surface area contributed by atoms with E-state index in [-0.39, 0.29) is 0 Å². The van der Waals surface area contributed by atoms with Gasteiger partial charge in [0.15, 0.2) is 0 Å². The molecule has 1 rings (SSSR count). The molecule has 0 unspecified atom stereocenters. The van der Waals surface area contributed by atoms with Gasteiger partial charge in [-0.3, -0.25) is 0 Å². The molecule has 0 N–H and O–H groups in total. The van der Waals surface area contributed by atoms with Gasteiger partial charge in [-0.25, -0.2) is 0 Å². The molecule has 0 heterocycles. The first-order valence-electron chi connectivity index (χ1n) is 4.69. The maximum Gasteiger partial charge on any atom is 0.123 e. The van der Waals surface area contributed by atoms with Crippen LogP contribution in [-0.4, -0.2) is 11.9 Å². The van der Waals surface area contributed by atoms with Crippen molar-refractivity contribution >= 4 is 27.5 Å². The predicted molar refractivity (Wildman–Crippen MR) is 64.7 cm³/mol. The number of aryl methyl sites for hydroxylation is 1. The molecule has 0 fully saturated rings. The number of hydrogen-bond donors (Lipinski definition) is 0. The standard InChI is InChI=1S/C11H14BrClO/c1-9-4-5-10(13)8-11(9)14-7-3-2-6-12/h4-5,8H,2-3,6-7H2,1H3. The molecule has 0 aliphatic heterocycles. The van der Waals surface area contributed by atoms with Crippen molar-refractivity contribution in [3.8, 4) is 5.75 Å². The van der Waals surface area contributed by atoms with E-state index in [9.17, 15) is 0 Å². The smallest absolute Gasteiger partial charge is 0.123 e. The first kappa shape index (κ1) is 11.9. The molecule has 0 aliphatic carbocycles. The summed E-state index contributed by atoms with van der Waals surface area (Å²) in [5.41, 5.74) is 1.13. The Hall–Kier alpha value is -0.210. The number of rotatable bonds is 5. The summed E-state index contributed by atoms with van der Waals surface area (Å²) in [7, 11) is 0. The van der Waals surface area contributed by atoms with Crippen molar-refractivity contribution in [3.63, 3.8) is 0 Å². The Bertz CT molecular complexity index is 289. The topological polar surface area (TPSA) is 9.23 Å². The number of unbranched alkanes of at least 4 members (excludes halogenated alkanes) is 1. The molecular formula is C11H14BrClO. The average Bonchev–Trinajstić information content (AvgIpc) is 2.18. The number of ether oxygens (including phenoxy) is 1. The molecular weight excluding hydrogens is 263 g/mol. The number of benzene rings is 1. The Labute approximate surface area is 98.5 Å². The van der Waals surface area contributed by atoms with E-state index < -0.39 is 0 Å². The second-order valence-corrected chi connectivity index (χ2v) is 4.38. The van der Waals surface area contributed by atoms with Gasteiger partial charge in [0.25, 0.3) is 0 Å². The van der Waals surface area contributed by atoms with Crippen LogP contribution in [0.15, 0.2) is 18.2 Å². The van der Waals surface area contributed by atoms with Crippen molar-refractivity contribution in [3.05, 3.63) is 28.8 Å². The number of alkyl halides is 1. The van der Waals surface area contributed by atoms with E-state index in [0.29, 0.717) is 0 Å². The maximum atomic E-state index is 5.87. The third kappa shape index (κ3) is 3.89. The van der Waals surface area contributed by atoms with E-state index in [4.69, 9.17) is 16.3 Å². The van der Waals surface area contributed by atoms with Crippen molar-refractivity contribution in [2.45, 2.75) is 19.8 Å². The van der Waals surface area contributed by atoms with Gasteiger partial charge in [0.2, 0.25) is 0 Å². The fraction of sp³-hybridized carbons (Fsp3) is 0.455. The van der Waals surface area contributed by atoms with Crippen LogP contribution < -0.4 is 4.74 Å². The lowest BCUT2D eigenvalue weighted by atomic mass is 10.2. The summed E-state index contributed by atoms with van der Waals surface area (Å²) >= 11 is 9.25. The molecule has 0 bridgehead atoms. The van der Waals surface area contributed by atoms with Gasteiger partial charge in [0.1, 0.15) is 5.75 Å². The molecule has 1 nitrogen and oxygen atoms in total. The minimum atomic E-state index is 0.728. The minimum Gasteiger partial charge on any atom is -0.493 e. The Morgan fingerprint density at radius 3 is 2.86 bits per heavy atom. The Balaban J connectivity index is 2.45. The van der Waals surface area contributed by atoms with Gasteiger partial charge in [-0.1, -0.05) is 33.6 Å². The summed E-state index contributed by atoms with van der Waals surface area (Å²) < 4.78 is 5.61. The lowest BCUT2D eigenvalue weighted by Crippen LogP contribution is -1.98. The molecule has 1 aromatic rings. The quantitative estimate of drug-likeness (QED) is 0.579. The third-order valence-corrected chi connectivity index (χ3v) is 2.73. The Morgan fingerprint density at radius 2 is 2.14 bits per heavy atom. The zero-order valence-corrected chi connectivity index (χ0v) is 10.6. The van der Waals surface area contributed by atoms with Gasteiger partial charge in [-0.2, -0.15) is 0 Å². The lowest BCUT2D eigenvalue weighted by Gasteiger charge is -2.08. The van der Waals surface area contributed by atoms with Gasteiger partial charge < -0.3 is 4.74 Å². The van der Waals surface area contributed by atoms with Crippen molar-refractivity contribution < 1.29 is 4.74 Å². The van der Waals surface area contributed by atoms with Crippen LogP contribution in [0.2, 0.25) is 5.02 Å². The van der Waals surface area contributed by atoms with Crippen LogP contribution in [0.4, 0.5) is 0 Å². The van der Waals surface area contributed by atoms with E-state index in [0.717, 1.165) is 41.1 Å². The number of hydrogen-bond acceptors (Lipinski definition) is 1. The summed E-state index contributed by atoms with van der Waals surface area (Å²) in [6.45, 7) is 2.78. The van der Waals surface area contributed by atoms with Gasteiger partial charge in [-0.15, -0.1) is 0 Å². The first-order valence-corrected chi connectivity index (χ1v) is 6.19. The molecule has 0 aliphatic rings. The fourth-order valence-corrected chi connectivity index (χ4v) is 1.67. The van der Waals surface area contributed by atoms with Crippen LogP contribution in [0, 0.1) is 6.92 Å². The normalized spacial score (nSPS) is 10.2. The largest absolute Gasteiger partial charge is 0.493 e. The summed E-state index contributed by atoms with van der Waals surface area (Å²) in [5.74, 6) is 0.895. The molecule has 0 radical (unpaired) electrons. The summed E-state index contributed by atoms with van der Waals surface area (Å²) in [6, 6.07) is 5.72. The first-order chi connectivity index (χ1) is 6.74. The third-order valence-electron chi connectivity index (χ3n) is 1.94. The highest BCUT2D eigenvalue weighted by atomic mass is 79.9. The minimum absolute atomic E-state index is 0.728. The van der Waals surface area contributed by atoms with Crippen molar-refractivity contribution in [1.29, 1.82) is 0 Å². The molecule has 14 heavy (non-hydrogen) atoms. The van der Waals surface area contributed by atoms with Crippen LogP contribution >= 0.6 is 27.5 Å². The zero-order chi connectivity index (χ0) is 10.4. The Morgan fingerprint density at radius 1 is 1.36 bits per heavy atom. The van der Waals surface area contributed by atoms with E-state index in [2.05, 4.69) is 15.9 Å². The molecule has 1 aromatic carbocycles. The van der Waals surface area contributed by atoms with Crippen LogP contribution in [-0.2, 0) is 0 Å². The van der Waals surface area contributed by atoms with Gasteiger partial charge in [0.05, 0.1) is 6.61 Å². The SMILES string of the molecule is Cc1ccc(Cl)cc1OCCCCBr. The molecule has 0 aromatic heterocycles. The van der Waals surface area contributed by atoms with E-state index in [1.807, 2.05) is 25.1 Å². The van der Waals surface area contributed by atoms with Gasteiger partial charge >= 0.3 is 0 Å². The molecule has 0 saturated heterocycles. The van der Waals surface area contributed by atoms with Crippen LogP contribution in [0.25, 0.3) is 0 Å². The van der Waals surface area contributed by atoms with E-state index in [1.54, 1.807) is 0 Å². The maximum absolute atomic E-state index is 5.87. The highest BCUT2D eigenvalue weighted by Gasteiger charge is 1.99. The zero-order valence-electron chi connectivity index (χ0n) is 8.22. The molecule has 78 valence electrons. The average molecular weight is 278 g/mol. The second-order valence-electron chi connectivity index (χ2n) is 3.15. The fourth-order valence-electron chi connectivity index (χ4n) is 1.11. The van der Waals surface area contributed by atoms with Crippen molar-refractivity contribution in [1.82, 2.24) is 0 Å². The lowest BCUT2D eigenvalue weighted by molar-refractivity contribution is 0.308. The Kier molecular flexibility index (Phi) is 5.34. The van der Waals surface area contributed by atoms with E-state index in [1.165, 1.54) is 0 Å². The summed E-state index contributed by atoms with van der Waals surface area (Å²) in [6.07, 6.45) is 2.21. The van der Waals surface area contributed by atoms with E-state index >= 15 is 0 Å². The molecule has 0 spiro atoms. The predicted octanol–water partition coefficient (Wildman–Crippen LogP) is 4.20. The van der Waals surface area contributed by atoms with Crippen LogP contribution in [0.5, 0.6) is 5.75 Å². The van der Waals surface area contributed by atoms with Gasteiger partial charge in [-0.05, 0) is 37.5 Å². The molecule has 0 saturated carbocycles. The summed E-state index contributed by atoms with van der Waals surface area (Å²) in [4.78, 5) is 0. The summed E-state index contributed by atoms with van der Waals surface area (Å²) in [5, 5.41) is 1.76. The molecule has 3 heteroatoms. The van der Waals surface area contributed by atoms with Crippen molar-refractivity contribution in [2.24, 2.45) is 0 Å². The van der Waals surface area contributed by atoms with Crippen molar-refractivity contribution in [2.75, 3.05) is 11.9 Å². The van der Waals surface area contributed by atoms with Crippen LogP contribution in [0.3, 0.4) is 0 Å². The highest BCUT2D eigenvalue weighted by molar-refractivity contribution is 9.09. The monoisotopic (exact) mass is 276 g/mol. The molecule has 0 atom stereocenters. The van der Waals surface area contributed by atoms with Crippen LogP contribution in [0.1, 0.15) is 18.4 Å². The molecule has 0 amide bonds. The second kappa shape index (κ2) is 6.31.